The second kappa shape index (κ2) is 6.45. The van der Waals surface area contributed by atoms with Crippen LogP contribution in [0, 0.1) is 0 Å². The summed E-state index contributed by atoms with van der Waals surface area (Å²) in [7, 11) is 1.59. The molecule has 2 atom stereocenters. The average Bonchev–Trinajstić information content (AvgIpc) is 2.28. The van der Waals surface area contributed by atoms with Crippen molar-refractivity contribution in [2.75, 3.05) is 7.11 Å². The van der Waals surface area contributed by atoms with Crippen LogP contribution in [0.2, 0.25) is 10.0 Å². The minimum Gasteiger partial charge on any atom is -0.386 e. The Morgan fingerprint density at radius 2 is 2.06 bits per heavy atom. The summed E-state index contributed by atoms with van der Waals surface area (Å²) in [6, 6.07) is 5.05. The van der Waals surface area contributed by atoms with E-state index in [-0.39, 0.29) is 6.10 Å². The van der Waals surface area contributed by atoms with Crippen LogP contribution >= 0.6 is 23.2 Å². The molecule has 1 N–H and O–H groups in total. The molecule has 16 heavy (non-hydrogen) atoms. The lowest BCUT2D eigenvalue weighted by atomic mass is 10.0. The van der Waals surface area contributed by atoms with Gasteiger partial charge in [0.2, 0.25) is 0 Å². The van der Waals surface area contributed by atoms with Crippen molar-refractivity contribution < 1.29 is 9.84 Å². The Morgan fingerprint density at radius 3 is 2.62 bits per heavy atom. The third-order valence-corrected chi connectivity index (χ3v) is 3.08. The van der Waals surface area contributed by atoms with E-state index >= 15 is 0 Å². The van der Waals surface area contributed by atoms with Gasteiger partial charge in [-0.1, -0.05) is 36.5 Å². The molecule has 1 aromatic rings. The van der Waals surface area contributed by atoms with Crippen LogP contribution in [0.15, 0.2) is 18.2 Å². The molecule has 0 bridgehead atoms. The topological polar surface area (TPSA) is 29.5 Å². The molecular weight excluding hydrogens is 247 g/mol. The Balaban J connectivity index is 2.93. The number of hydrogen-bond donors (Lipinski definition) is 1. The number of hydrogen-bond acceptors (Lipinski definition) is 2. The van der Waals surface area contributed by atoms with Gasteiger partial charge in [-0.15, -0.1) is 0 Å². The molecule has 0 aliphatic rings. The van der Waals surface area contributed by atoms with Crippen molar-refractivity contribution in [3.05, 3.63) is 33.8 Å². The van der Waals surface area contributed by atoms with Gasteiger partial charge in [0, 0.05) is 22.7 Å². The highest BCUT2D eigenvalue weighted by molar-refractivity contribution is 6.33. The Morgan fingerprint density at radius 1 is 1.38 bits per heavy atom. The summed E-state index contributed by atoms with van der Waals surface area (Å²) < 4.78 is 5.25. The summed E-state index contributed by atoms with van der Waals surface area (Å²) in [5, 5.41) is 11.2. The van der Waals surface area contributed by atoms with Crippen molar-refractivity contribution in [1.29, 1.82) is 0 Å². The van der Waals surface area contributed by atoms with E-state index in [2.05, 4.69) is 0 Å². The van der Waals surface area contributed by atoms with Crippen LogP contribution in [-0.2, 0) is 4.74 Å². The molecular formula is C12H16Cl2O2. The molecule has 2 nitrogen and oxygen atoms in total. The van der Waals surface area contributed by atoms with Crippen LogP contribution in [0.1, 0.15) is 31.4 Å². The zero-order valence-electron chi connectivity index (χ0n) is 9.41. The second-order valence-electron chi connectivity index (χ2n) is 3.67. The van der Waals surface area contributed by atoms with Crippen molar-refractivity contribution in [3.8, 4) is 0 Å². The van der Waals surface area contributed by atoms with E-state index in [1.807, 2.05) is 6.92 Å². The molecule has 0 fully saturated rings. The number of rotatable bonds is 5. The van der Waals surface area contributed by atoms with Gasteiger partial charge in [0.1, 0.15) is 6.10 Å². The highest BCUT2D eigenvalue weighted by atomic mass is 35.5. The fourth-order valence-corrected chi connectivity index (χ4v) is 2.04. The monoisotopic (exact) mass is 262 g/mol. The van der Waals surface area contributed by atoms with Crippen LogP contribution in [0.25, 0.3) is 0 Å². The summed E-state index contributed by atoms with van der Waals surface area (Å²) in [5.74, 6) is 0. The number of aliphatic hydroxyl groups is 1. The average molecular weight is 263 g/mol. The minimum absolute atomic E-state index is 0.249. The van der Waals surface area contributed by atoms with E-state index in [1.165, 1.54) is 0 Å². The molecule has 0 saturated carbocycles. The van der Waals surface area contributed by atoms with Gasteiger partial charge in [-0.25, -0.2) is 0 Å². The molecule has 0 aliphatic carbocycles. The first-order valence-corrected chi connectivity index (χ1v) is 6.01. The highest BCUT2D eigenvalue weighted by Crippen LogP contribution is 2.30. The molecule has 0 spiro atoms. The molecule has 0 amide bonds. The maximum absolute atomic E-state index is 10.1. The van der Waals surface area contributed by atoms with Crippen LogP contribution in [0.5, 0.6) is 0 Å². The fourth-order valence-electron chi connectivity index (χ4n) is 1.63. The summed E-state index contributed by atoms with van der Waals surface area (Å²) in [6.45, 7) is 2.04. The first kappa shape index (κ1) is 13.8. The number of benzene rings is 1. The summed E-state index contributed by atoms with van der Waals surface area (Å²) in [4.78, 5) is 0. The molecule has 4 heteroatoms. The van der Waals surface area contributed by atoms with Gasteiger partial charge in [0.15, 0.2) is 0 Å². The van der Waals surface area contributed by atoms with Gasteiger partial charge >= 0.3 is 0 Å². The van der Waals surface area contributed by atoms with Crippen molar-refractivity contribution in [2.24, 2.45) is 0 Å². The van der Waals surface area contributed by atoms with Crippen LogP contribution in [-0.4, -0.2) is 18.3 Å². The smallest absolute Gasteiger partial charge is 0.107 e. The Labute approximate surface area is 106 Å². The first-order chi connectivity index (χ1) is 7.60. The summed E-state index contributed by atoms with van der Waals surface area (Å²) in [6.07, 6.45) is 0.728. The standard InChI is InChI=1S/C12H16Cl2O2/c1-3-4-11(16-2)12(15)9-7-8(13)5-6-10(9)14/h5-7,11-12,15H,3-4H2,1-2H3. The van der Waals surface area contributed by atoms with Gasteiger partial charge in [-0.2, -0.15) is 0 Å². The number of aliphatic hydroxyl groups excluding tert-OH is 1. The molecule has 0 heterocycles. The predicted molar refractivity (Wildman–Crippen MR) is 67.1 cm³/mol. The number of methoxy groups -OCH3 is 1. The van der Waals surface area contributed by atoms with Gasteiger partial charge in [-0.05, 0) is 24.6 Å². The summed E-state index contributed by atoms with van der Waals surface area (Å²) >= 11 is 11.9. The van der Waals surface area contributed by atoms with Crippen LogP contribution < -0.4 is 0 Å². The van der Waals surface area contributed by atoms with E-state index in [1.54, 1.807) is 25.3 Å². The first-order valence-electron chi connectivity index (χ1n) is 5.26. The van der Waals surface area contributed by atoms with Crippen molar-refractivity contribution in [2.45, 2.75) is 32.0 Å². The normalized spacial score (nSPS) is 14.8. The molecule has 2 unspecified atom stereocenters. The second-order valence-corrected chi connectivity index (χ2v) is 4.52. The lowest BCUT2D eigenvalue weighted by Gasteiger charge is -2.22. The molecule has 1 rings (SSSR count). The number of halogens is 2. The lowest BCUT2D eigenvalue weighted by Crippen LogP contribution is -2.21. The minimum atomic E-state index is -0.740. The molecule has 0 radical (unpaired) electrons. The maximum atomic E-state index is 10.1. The summed E-state index contributed by atoms with van der Waals surface area (Å²) in [5.41, 5.74) is 0.620. The predicted octanol–water partition coefficient (Wildman–Crippen LogP) is 3.84. The molecule has 0 aromatic heterocycles. The van der Waals surface area contributed by atoms with Gasteiger partial charge in [0.25, 0.3) is 0 Å². The maximum Gasteiger partial charge on any atom is 0.107 e. The lowest BCUT2D eigenvalue weighted by molar-refractivity contribution is -0.0179. The highest BCUT2D eigenvalue weighted by Gasteiger charge is 2.22. The van der Waals surface area contributed by atoms with Crippen LogP contribution in [0.4, 0.5) is 0 Å². The van der Waals surface area contributed by atoms with E-state index in [9.17, 15) is 5.11 Å². The Hall–Kier alpha value is -0.280. The molecule has 0 aliphatic heterocycles. The molecule has 1 aromatic carbocycles. The third kappa shape index (κ3) is 3.36. The van der Waals surface area contributed by atoms with E-state index in [0.717, 1.165) is 12.8 Å². The van der Waals surface area contributed by atoms with Crippen molar-refractivity contribution >= 4 is 23.2 Å². The third-order valence-electron chi connectivity index (χ3n) is 2.50. The Kier molecular flexibility index (Phi) is 5.56. The van der Waals surface area contributed by atoms with Crippen LogP contribution in [0.3, 0.4) is 0 Å². The zero-order chi connectivity index (χ0) is 12.1. The largest absolute Gasteiger partial charge is 0.386 e. The Bertz CT molecular complexity index is 342. The van der Waals surface area contributed by atoms with Crippen molar-refractivity contribution in [1.82, 2.24) is 0 Å². The van der Waals surface area contributed by atoms with Gasteiger partial charge in [0.05, 0.1) is 6.10 Å². The molecule has 0 saturated heterocycles. The van der Waals surface area contributed by atoms with E-state index in [4.69, 9.17) is 27.9 Å². The number of ether oxygens (including phenoxy) is 1. The van der Waals surface area contributed by atoms with Crippen molar-refractivity contribution in [3.63, 3.8) is 0 Å². The molecule has 90 valence electrons. The zero-order valence-corrected chi connectivity index (χ0v) is 10.9. The fraction of sp³-hybridized carbons (Fsp3) is 0.500. The quantitative estimate of drug-likeness (QED) is 0.874. The van der Waals surface area contributed by atoms with E-state index < -0.39 is 6.10 Å². The van der Waals surface area contributed by atoms with Gasteiger partial charge < -0.3 is 9.84 Å². The van der Waals surface area contributed by atoms with E-state index in [0.29, 0.717) is 15.6 Å². The SMILES string of the molecule is CCCC(OC)C(O)c1cc(Cl)ccc1Cl. The van der Waals surface area contributed by atoms with Gasteiger partial charge in [-0.3, -0.25) is 0 Å².